The van der Waals surface area contributed by atoms with Crippen LogP contribution in [0.4, 0.5) is 11.4 Å². The van der Waals surface area contributed by atoms with E-state index in [4.69, 9.17) is 15.2 Å². The van der Waals surface area contributed by atoms with Crippen LogP contribution >= 0.6 is 12.4 Å². The highest BCUT2D eigenvalue weighted by atomic mass is 35.5. The van der Waals surface area contributed by atoms with Gasteiger partial charge in [-0.15, -0.1) is 12.4 Å². The number of hydrogen-bond donors (Lipinski definition) is 2. The number of nitrogen functional groups attached to an aromatic ring is 1. The summed E-state index contributed by atoms with van der Waals surface area (Å²) in [4.78, 5) is 12.4. The Labute approximate surface area is 148 Å². The maximum atomic E-state index is 12.4. The van der Waals surface area contributed by atoms with Crippen LogP contribution in [0.15, 0.2) is 36.4 Å². The maximum Gasteiger partial charge on any atom is 0.255 e. The molecule has 0 bridgehead atoms. The van der Waals surface area contributed by atoms with Gasteiger partial charge in [0, 0.05) is 16.9 Å². The van der Waals surface area contributed by atoms with Gasteiger partial charge in [0.2, 0.25) is 0 Å². The molecule has 0 saturated heterocycles. The second-order valence-electron chi connectivity index (χ2n) is 5.56. The Balaban J connectivity index is 0.00000288. The van der Waals surface area contributed by atoms with Crippen LogP contribution in [0, 0.1) is 6.92 Å². The molecule has 0 radical (unpaired) electrons. The van der Waals surface area contributed by atoms with Gasteiger partial charge in [-0.3, -0.25) is 4.79 Å². The van der Waals surface area contributed by atoms with E-state index in [0.29, 0.717) is 28.4 Å². The number of halogens is 1. The standard InChI is InChI=1S/C18H22N2O3.ClH/c1-11(2)23-16-8-6-13(9-17(16)22-4)18(21)20-15-10-14(19)7-5-12(15)3;/h5-11H,19H2,1-4H3,(H,20,21);1H. The third-order valence-corrected chi connectivity index (χ3v) is 3.30. The minimum Gasteiger partial charge on any atom is -0.493 e. The van der Waals surface area contributed by atoms with E-state index in [1.807, 2.05) is 26.8 Å². The fourth-order valence-electron chi connectivity index (χ4n) is 2.13. The molecule has 3 N–H and O–H groups in total. The SMILES string of the molecule is COc1cc(C(=O)Nc2cc(N)ccc2C)ccc1OC(C)C.Cl. The van der Waals surface area contributed by atoms with Crippen LogP contribution in [0.1, 0.15) is 29.8 Å². The molecule has 2 aromatic carbocycles. The van der Waals surface area contributed by atoms with E-state index in [-0.39, 0.29) is 24.4 Å². The van der Waals surface area contributed by atoms with Crippen molar-refractivity contribution in [3.05, 3.63) is 47.5 Å². The predicted octanol–water partition coefficient (Wildman–Crippen LogP) is 4.05. The van der Waals surface area contributed by atoms with Gasteiger partial charge in [0.25, 0.3) is 5.91 Å². The Hall–Kier alpha value is -2.40. The molecule has 0 saturated carbocycles. The van der Waals surface area contributed by atoms with Crippen molar-refractivity contribution in [3.63, 3.8) is 0 Å². The number of nitrogens with one attached hydrogen (secondary N) is 1. The molecule has 0 atom stereocenters. The van der Waals surface area contributed by atoms with Crippen molar-refractivity contribution in [1.82, 2.24) is 0 Å². The van der Waals surface area contributed by atoms with Crippen molar-refractivity contribution in [2.45, 2.75) is 26.9 Å². The number of benzene rings is 2. The molecule has 6 heteroatoms. The van der Waals surface area contributed by atoms with Gasteiger partial charge in [-0.05, 0) is 56.7 Å². The third-order valence-electron chi connectivity index (χ3n) is 3.30. The first-order valence-corrected chi connectivity index (χ1v) is 7.43. The smallest absolute Gasteiger partial charge is 0.255 e. The van der Waals surface area contributed by atoms with E-state index in [1.54, 1.807) is 37.4 Å². The number of anilines is 2. The summed E-state index contributed by atoms with van der Waals surface area (Å²) in [6.07, 6.45) is 0.0264. The average Bonchev–Trinajstić information content (AvgIpc) is 2.50. The highest BCUT2D eigenvalue weighted by molar-refractivity contribution is 6.05. The van der Waals surface area contributed by atoms with Crippen LogP contribution in [0.3, 0.4) is 0 Å². The molecule has 0 aromatic heterocycles. The van der Waals surface area contributed by atoms with Crippen molar-refractivity contribution in [2.24, 2.45) is 0 Å². The molecular weight excluding hydrogens is 328 g/mol. The van der Waals surface area contributed by atoms with Gasteiger partial charge in [-0.1, -0.05) is 6.07 Å². The molecule has 0 aliphatic heterocycles. The number of carbonyl (C=O) groups is 1. The molecule has 1 amide bonds. The van der Waals surface area contributed by atoms with Crippen molar-refractivity contribution in [1.29, 1.82) is 0 Å². The lowest BCUT2D eigenvalue weighted by Crippen LogP contribution is -2.14. The van der Waals surface area contributed by atoms with E-state index in [2.05, 4.69) is 5.32 Å². The molecule has 0 aliphatic rings. The molecule has 0 heterocycles. The Bertz CT molecular complexity index is 717. The second-order valence-corrected chi connectivity index (χ2v) is 5.56. The lowest BCUT2D eigenvalue weighted by molar-refractivity contribution is 0.102. The summed E-state index contributed by atoms with van der Waals surface area (Å²) in [5.41, 5.74) is 8.49. The summed E-state index contributed by atoms with van der Waals surface area (Å²) >= 11 is 0. The summed E-state index contributed by atoms with van der Waals surface area (Å²) in [6.45, 7) is 5.78. The third kappa shape index (κ3) is 4.80. The number of rotatable bonds is 5. The summed E-state index contributed by atoms with van der Waals surface area (Å²) in [5, 5.41) is 2.86. The van der Waals surface area contributed by atoms with E-state index in [0.717, 1.165) is 5.56 Å². The quantitative estimate of drug-likeness (QED) is 0.798. The van der Waals surface area contributed by atoms with Crippen LogP contribution in [0.25, 0.3) is 0 Å². The van der Waals surface area contributed by atoms with Crippen molar-refractivity contribution in [2.75, 3.05) is 18.2 Å². The van der Waals surface area contributed by atoms with Gasteiger partial charge < -0.3 is 20.5 Å². The molecule has 2 aromatic rings. The Morgan fingerprint density at radius 2 is 1.83 bits per heavy atom. The lowest BCUT2D eigenvalue weighted by atomic mass is 10.1. The number of methoxy groups -OCH3 is 1. The van der Waals surface area contributed by atoms with Crippen LogP contribution in [0.5, 0.6) is 11.5 Å². The largest absolute Gasteiger partial charge is 0.493 e. The number of nitrogens with two attached hydrogens (primary N) is 1. The van der Waals surface area contributed by atoms with Crippen LogP contribution < -0.4 is 20.5 Å². The highest BCUT2D eigenvalue weighted by Crippen LogP contribution is 2.29. The number of ether oxygens (including phenoxy) is 2. The van der Waals surface area contributed by atoms with Gasteiger partial charge in [0.1, 0.15) is 0 Å². The Morgan fingerprint density at radius 1 is 1.12 bits per heavy atom. The van der Waals surface area contributed by atoms with Crippen LogP contribution in [-0.4, -0.2) is 19.1 Å². The Kier molecular flexibility index (Phi) is 6.92. The topological polar surface area (TPSA) is 73.6 Å². The van der Waals surface area contributed by atoms with E-state index < -0.39 is 0 Å². The van der Waals surface area contributed by atoms with E-state index in [1.165, 1.54) is 0 Å². The van der Waals surface area contributed by atoms with Gasteiger partial charge in [0.15, 0.2) is 11.5 Å². The molecule has 130 valence electrons. The van der Waals surface area contributed by atoms with Crippen molar-refractivity contribution in [3.8, 4) is 11.5 Å². The predicted molar refractivity (Wildman–Crippen MR) is 99.6 cm³/mol. The molecular formula is C18H23ClN2O3. The molecule has 0 fully saturated rings. The minimum atomic E-state index is -0.229. The first-order chi connectivity index (χ1) is 10.9. The zero-order valence-electron chi connectivity index (χ0n) is 14.3. The minimum absolute atomic E-state index is 0. The highest BCUT2D eigenvalue weighted by Gasteiger charge is 2.13. The van der Waals surface area contributed by atoms with Crippen molar-refractivity contribution >= 4 is 29.7 Å². The molecule has 24 heavy (non-hydrogen) atoms. The summed E-state index contributed by atoms with van der Waals surface area (Å²) < 4.78 is 11.0. The fraction of sp³-hybridized carbons (Fsp3) is 0.278. The zero-order chi connectivity index (χ0) is 17.0. The first kappa shape index (κ1) is 19.6. The van der Waals surface area contributed by atoms with Gasteiger partial charge in [-0.25, -0.2) is 0 Å². The molecule has 0 unspecified atom stereocenters. The van der Waals surface area contributed by atoms with Crippen LogP contribution in [-0.2, 0) is 0 Å². The van der Waals surface area contributed by atoms with Gasteiger partial charge in [-0.2, -0.15) is 0 Å². The number of amides is 1. The molecule has 2 rings (SSSR count). The summed E-state index contributed by atoms with van der Waals surface area (Å²) in [7, 11) is 1.55. The summed E-state index contributed by atoms with van der Waals surface area (Å²) in [6, 6.07) is 10.5. The molecule has 5 nitrogen and oxygen atoms in total. The van der Waals surface area contributed by atoms with E-state index >= 15 is 0 Å². The molecule has 0 aliphatic carbocycles. The first-order valence-electron chi connectivity index (χ1n) is 7.43. The maximum absolute atomic E-state index is 12.4. The van der Waals surface area contributed by atoms with Gasteiger partial charge in [0.05, 0.1) is 13.2 Å². The number of carbonyl (C=O) groups excluding carboxylic acids is 1. The normalized spacial score (nSPS) is 10.0. The summed E-state index contributed by atoms with van der Waals surface area (Å²) in [5.74, 6) is 0.905. The molecule has 0 spiro atoms. The number of aryl methyl sites for hydroxylation is 1. The fourth-order valence-corrected chi connectivity index (χ4v) is 2.13. The zero-order valence-corrected chi connectivity index (χ0v) is 15.1. The van der Waals surface area contributed by atoms with Crippen LogP contribution in [0.2, 0.25) is 0 Å². The number of hydrogen-bond acceptors (Lipinski definition) is 4. The van der Waals surface area contributed by atoms with Gasteiger partial charge >= 0.3 is 0 Å². The average molecular weight is 351 g/mol. The second kappa shape index (κ2) is 8.45. The monoisotopic (exact) mass is 350 g/mol. The van der Waals surface area contributed by atoms with E-state index in [9.17, 15) is 4.79 Å². The Morgan fingerprint density at radius 3 is 2.46 bits per heavy atom. The van der Waals surface area contributed by atoms with Crippen molar-refractivity contribution < 1.29 is 14.3 Å². The lowest BCUT2D eigenvalue weighted by Gasteiger charge is -2.15.